The summed E-state index contributed by atoms with van der Waals surface area (Å²) < 4.78 is 38.9. The van der Waals surface area contributed by atoms with Gasteiger partial charge in [0.15, 0.2) is 5.63 Å². The predicted molar refractivity (Wildman–Crippen MR) is 66.5 cm³/mol. The number of halogens is 5. The van der Waals surface area contributed by atoms with Crippen LogP contribution in [0.5, 0.6) is 0 Å². The molecule has 0 aliphatic carbocycles. The average Bonchev–Trinajstić information content (AvgIpc) is 2.26. The number of alkyl halides is 5. The summed E-state index contributed by atoms with van der Waals surface area (Å²) in [4.78, 5) is -3.06. The smallest absolute Gasteiger partial charge is 0.225 e. The summed E-state index contributed by atoms with van der Waals surface area (Å²) in [5, 5.41) is 1.29. The van der Waals surface area contributed by atoms with E-state index in [1.165, 1.54) is 24.3 Å². The van der Waals surface area contributed by atoms with Crippen molar-refractivity contribution in [3.8, 4) is 0 Å². The molecule has 0 aliphatic rings. The minimum Gasteiger partial charge on any atom is -0.225 e. The molecule has 0 saturated carbocycles. The fourth-order valence-electron chi connectivity index (χ4n) is 1.58. The van der Waals surface area contributed by atoms with E-state index in [-0.39, 0.29) is 5.56 Å². The molecule has 0 amide bonds. The zero-order valence-corrected chi connectivity index (χ0v) is 10.8. The van der Waals surface area contributed by atoms with Crippen molar-refractivity contribution < 1.29 is 13.2 Å². The van der Waals surface area contributed by atoms with E-state index in [0.717, 1.165) is 0 Å². The van der Waals surface area contributed by atoms with Crippen LogP contribution in [-0.2, 0) is 4.83 Å². The quantitative estimate of drug-likeness (QED) is 0.641. The zero-order chi connectivity index (χ0) is 12.6. The molecule has 1 atom stereocenters. The first-order valence-electron chi connectivity index (χ1n) is 4.77. The molecule has 0 spiro atoms. The van der Waals surface area contributed by atoms with Crippen molar-refractivity contribution in [3.63, 3.8) is 0 Å². The Hall–Kier alpha value is -0.740. The minimum atomic E-state index is -3.06. The Morgan fingerprint density at radius 1 is 1.06 bits per heavy atom. The minimum absolute atomic E-state index is 0.138. The van der Waals surface area contributed by atoms with E-state index < -0.39 is 10.5 Å². The molecule has 17 heavy (non-hydrogen) atoms. The lowest BCUT2D eigenvalue weighted by atomic mass is 10.0. The molecule has 1 unspecified atom stereocenters. The molecule has 0 saturated heterocycles. The van der Waals surface area contributed by atoms with Gasteiger partial charge in [-0.05, 0) is 38.8 Å². The first-order chi connectivity index (χ1) is 7.88. The van der Waals surface area contributed by atoms with Crippen LogP contribution >= 0.6 is 27.5 Å². The normalized spacial score (nSPS) is 13.9. The molecule has 90 valence electrons. The number of fused-ring (bicyclic) bond motifs is 1. The summed E-state index contributed by atoms with van der Waals surface area (Å²) in [6.45, 7) is 0. The Morgan fingerprint density at radius 3 is 2.24 bits per heavy atom. The van der Waals surface area contributed by atoms with Gasteiger partial charge in [0.1, 0.15) is 0 Å². The van der Waals surface area contributed by atoms with Crippen LogP contribution in [-0.4, -0.2) is 0 Å². The van der Waals surface area contributed by atoms with Crippen LogP contribution in [0.15, 0.2) is 36.4 Å². The van der Waals surface area contributed by atoms with Gasteiger partial charge in [0, 0.05) is 11.1 Å². The zero-order valence-electron chi connectivity index (χ0n) is 8.43. The van der Waals surface area contributed by atoms with E-state index in [0.29, 0.717) is 16.3 Å². The third kappa shape index (κ3) is 2.75. The molecule has 2 rings (SSSR count). The molecule has 0 aliphatic heterocycles. The lowest BCUT2D eigenvalue weighted by Crippen LogP contribution is -2.01. The van der Waals surface area contributed by atoms with Gasteiger partial charge in [-0.2, -0.15) is 8.78 Å². The van der Waals surface area contributed by atoms with E-state index >= 15 is 0 Å². The van der Waals surface area contributed by atoms with Crippen molar-refractivity contribution in [2.45, 2.75) is 10.5 Å². The number of hydrogen-bond donors (Lipinski definition) is 0. The highest BCUT2D eigenvalue weighted by Crippen LogP contribution is 2.36. The Labute approximate surface area is 110 Å². The van der Waals surface area contributed by atoms with Crippen LogP contribution < -0.4 is 0 Å². The van der Waals surface area contributed by atoms with Crippen LogP contribution in [0.1, 0.15) is 16.8 Å². The lowest BCUT2D eigenvalue weighted by molar-refractivity contribution is 0.115. The predicted octanol–water partition coefficient (Wildman–Crippen LogP) is 5.49. The average molecular weight is 324 g/mol. The second-order valence-electron chi connectivity index (χ2n) is 3.62. The monoisotopic (exact) mass is 322 g/mol. The van der Waals surface area contributed by atoms with Crippen LogP contribution in [0.25, 0.3) is 10.8 Å². The van der Waals surface area contributed by atoms with Gasteiger partial charge in [-0.1, -0.05) is 35.9 Å². The molecule has 0 radical (unpaired) electrons. The van der Waals surface area contributed by atoms with Gasteiger partial charge < -0.3 is 0 Å². The Bertz CT molecular complexity index is 549. The summed E-state index contributed by atoms with van der Waals surface area (Å²) >= 11 is 7.61. The summed E-state index contributed by atoms with van der Waals surface area (Å²) in [7, 11) is 0. The topological polar surface area (TPSA) is 0 Å². The second-order valence-corrected chi connectivity index (χ2v) is 5.00. The summed E-state index contributed by atoms with van der Waals surface area (Å²) in [5.41, 5.74) is -1.41. The molecular weight excluding hydrogens is 316 g/mol. The van der Waals surface area contributed by atoms with Crippen LogP contribution in [0.3, 0.4) is 0 Å². The maximum atomic E-state index is 13.0. The van der Waals surface area contributed by atoms with Gasteiger partial charge >= 0.3 is 4.83 Å². The van der Waals surface area contributed by atoms with Crippen LogP contribution in [0, 0.1) is 0 Å². The van der Waals surface area contributed by atoms with E-state index in [9.17, 15) is 13.2 Å². The first kappa shape index (κ1) is 12.7. The molecule has 0 nitrogen and oxygen atoms in total. The van der Waals surface area contributed by atoms with E-state index in [2.05, 4.69) is 15.9 Å². The van der Waals surface area contributed by atoms with E-state index in [1.54, 1.807) is 12.1 Å². The Balaban J connectivity index is 2.54. The molecule has 0 bridgehead atoms. The third-order valence-electron chi connectivity index (χ3n) is 2.44. The van der Waals surface area contributed by atoms with E-state index in [4.69, 9.17) is 11.6 Å². The van der Waals surface area contributed by atoms with Gasteiger partial charge in [0.25, 0.3) is 0 Å². The molecule has 0 heterocycles. The maximum Gasteiger partial charge on any atom is 0.326 e. The molecule has 2 aromatic rings. The van der Waals surface area contributed by atoms with Crippen molar-refractivity contribution in [3.05, 3.63) is 47.5 Å². The van der Waals surface area contributed by atoms with Crippen LogP contribution in [0.4, 0.5) is 13.2 Å². The summed E-state index contributed by atoms with van der Waals surface area (Å²) in [6.07, 6.45) is 0. The maximum absolute atomic E-state index is 13.0. The van der Waals surface area contributed by atoms with E-state index in [1.807, 2.05) is 0 Å². The largest absolute Gasteiger partial charge is 0.326 e. The number of benzene rings is 2. The second kappa shape index (κ2) is 4.50. The molecule has 0 N–H and O–H groups in total. The van der Waals surface area contributed by atoms with Gasteiger partial charge in [-0.3, -0.25) is 0 Å². The van der Waals surface area contributed by atoms with Gasteiger partial charge in [0.2, 0.25) is 0 Å². The molecule has 5 heteroatoms. The fourth-order valence-corrected chi connectivity index (χ4v) is 1.96. The first-order valence-corrected chi connectivity index (χ1v) is 6.00. The number of rotatable bonds is 2. The molecular formula is C12H7BrClF3. The number of hydrogen-bond acceptors (Lipinski definition) is 0. The van der Waals surface area contributed by atoms with Gasteiger partial charge in [0.05, 0.1) is 0 Å². The fraction of sp³-hybridized carbons (Fsp3) is 0.167. The van der Waals surface area contributed by atoms with Crippen molar-refractivity contribution in [1.29, 1.82) is 0 Å². The highest BCUT2D eigenvalue weighted by atomic mass is 79.9. The lowest BCUT2D eigenvalue weighted by Gasteiger charge is -2.10. The molecule has 2 aromatic carbocycles. The van der Waals surface area contributed by atoms with Crippen molar-refractivity contribution in [2.24, 2.45) is 0 Å². The Kier molecular flexibility index (Phi) is 3.36. The van der Waals surface area contributed by atoms with Crippen molar-refractivity contribution in [1.82, 2.24) is 0 Å². The highest BCUT2D eigenvalue weighted by molar-refractivity contribution is 9.09. The molecule has 0 fully saturated rings. The van der Waals surface area contributed by atoms with Crippen LogP contribution in [0.2, 0.25) is 0 Å². The third-order valence-corrected chi connectivity index (χ3v) is 3.15. The summed E-state index contributed by atoms with van der Waals surface area (Å²) in [6, 6.07) is 8.77. The SMILES string of the molecule is FC(Cl)c1ccc2cc(C(F)(F)Br)ccc2c1. The summed E-state index contributed by atoms with van der Waals surface area (Å²) in [5.74, 6) is 0. The highest BCUT2D eigenvalue weighted by Gasteiger charge is 2.26. The Morgan fingerprint density at radius 2 is 1.65 bits per heavy atom. The van der Waals surface area contributed by atoms with Crippen molar-refractivity contribution >= 4 is 38.3 Å². The van der Waals surface area contributed by atoms with Gasteiger partial charge in [-0.15, -0.1) is 0 Å². The van der Waals surface area contributed by atoms with Crippen molar-refractivity contribution in [2.75, 3.05) is 0 Å². The standard InChI is InChI=1S/C12H7BrClF3/c13-12(16,17)10-4-3-7-5-9(11(14)15)2-1-8(7)6-10/h1-6,11H. The molecule has 0 aromatic heterocycles. The van der Waals surface area contributed by atoms with Gasteiger partial charge in [-0.25, -0.2) is 4.39 Å².